The summed E-state index contributed by atoms with van der Waals surface area (Å²) in [7, 11) is 5.60. The summed E-state index contributed by atoms with van der Waals surface area (Å²) in [6.45, 7) is 0. The predicted molar refractivity (Wildman–Crippen MR) is 102 cm³/mol. The number of methoxy groups -OCH3 is 1. The Morgan fingerprint density at radius 2 is 1.67 bits per heavy atom. The molecular weight excluding hydrogens is 342 g/mol. The summed E-state index contributed by atoms with van der Waals surface area (Å²) >= 11 is 0. The van der Waals surface area contributed by atoms with E-state index in [4.69, 9.17) is 9.15 Å². The lowest BCUT2D eigenvalue weighted by atomic mass is 10.1. The molecule has 5 rings (SSSR count). The lowest BCUT2D eigenvalue weighted by Gasteiger charge is -2.00. The molecule has 0 atom stereocenters. The van der Waals surface area contributed by atoms with E-state index in [-0.39, 0.29) is 0 Å². The Labute approximate surface area is 154 Å². The molecule has 4 aromatic heterocycles. The van der Waals surface area contributed by atoms with Crippen molar-refractivity contribution in [1.29, 1.82) is 0 Å². The van der Waals surface area contributed by atoms with E-state index in [1.165, 1.54) is 0 Å². The van der Waals surface area contributed by atoms with Crippen LogP contribution in [0, 0.1) is 0 Å². The van der Waals surface area contributed by atoms with E-state index in [0.29, 0.717) is 11.8 Å². The minimum Gasteiger partial charge on any atom is -0.497 e. The summed E-state index contributed by atoms with van der Waals surface area (Å²) in [5.41, 5.74) is 3.70. The van der Waals surface area contributed by atoms with Gasteiger partial charge >= 0.3 is 0 Å². The summed E-state index contributed by atoms with van der Waals surface area (Å²) in [6.07, 6.45) is 5.72. The number of aryl methyl sites for hydroxylation is 2. The van der Waals surface area contributed by atoms with Crippen molar-refractivity contribution in [3.8, 4) is 28.7 Å². The van der Waals surface area contributed by atoms with E-state index in [2.05, 4.69) is 15.2 Å². The van der Waals surface area contributed by atoms with E-state index in [0.717, 1.165) is 38.8 Å². The highest BCUT2D eigenvalue weighted by Crippen LogP contribution is 2.35. The van der Waals surface area contributed by atoms with Crippen molar-refractivity contribution in [2.24, 2.45) is 14.1 Å². The molecule has 0 bridgehead atoms. The van der Waals surface area contributed by atoms with E-state index in [1.54, 1.807) is 13.3 Å². The second kappa shape index (κ2) is 5.70. The molecule has 1 aromatic carbocycles. The number of pyridine rings is 1. The van der Waals surface area contributed by atoms with Crippen LogP contribution in [0.3, 0.4) is 0 Å². The Bertz CT molecular complexity index is 1290. The van der Waals surface area contributed by atoms with Crippen molar-refractivity contribution in [2.45, 2.75) is 0 Å². The molecule has 5 aromatic rings. The highest BCUT2D eigenvalue weighted by atomic mass is 16.5. The molecule has 0 fully saturated rings. The van der Waals surface area contributed by atoms with Crippen LogP contribution in [-0.2, 0) is 14.1 Å². The quantitative estimate of drug-likeness (QED) is 0.490. The highest BCUT2D eigenvalue weighted by molar-refractivity contribution is 5.95. The second-order valence-electron chi connectivity index (χ2n) is 6.48. The van der Waals surface area contributed by atoms with Gasteiger partial charge in [0.15, 0.2) is 0 Å². The van der Waals surface area contributed by atoms with Crippen molar-refractivity contribution >= 4 is 21.9 Å². The van der Waals surface area contributed by atoms with Crippen LogP contribution in [-0.4, -0.2) is 31.4 Å². The molecule has 0 saturated carbocycles. The topological polar surface area (TPSA) is 70.9 Å². The van der Waals surface area contributed by atoms with Gasteiger partial charge in [0.25, 0.3) is 0 Å². The third-order valence-corrected chi connectivity index (χ3v) is 4.82. The molecule has 0 spiro atoms. The molecule has 134 valence electrons. The van der Waals surface area contributed by atoms with Crippen LogP contribution >= 0.6 is 0 Å². The fraction of sp³-hybridized carbons (Fsp3) is 0.150. The SMILES string of the molecule is COc1ccc2c(c1)c(-c1nnc(-c3cn(C)c4ncccc34)o1)cn2C. The Morgan fingerprint density at radius 1 is 0.926 bits per heavy atom. The van der Waals surface area contributed by atoms with Gasteiger partial charge in [-0.15, -0.1) is 10.2 Å². The number of benzene rings is 1. The fourth-order valence-corrected chi connectivity index (χ4v) is 3.49. The molecular formula is C20H17N5O2. The lowest BCUT2D eigenvalue weighted by molar-refractivity contribution is 0.415. The maximum atomic E-state index is 6.05. The van der Waals surface area contributed by atoms with Gasteiger partial charge in [0.2, 0.25) is 11.8 Å². The Kier molecular flexibility index (Phi) is 3.30. The smallest absolute Gasteiger partial charge is 0.250 e. The van der Waals surface area contributed by atoms with Gasteiger partial charge in [-0.25, -0.2) is 4.98 Å². The molecule has 0 unspecified atom stereocenters. The first kappa shape index (κ1) is 15.6. The van der Waals surface area contributed by atoms with Crippen molar-refractivity contribution in [3.63, 3.8) is 0 Å². The number of nitrogens with zero attached hydrogens (tertiary/aromatic N) is 5. The molecule has 0 saturated heterocycles. The van der Waals surface area contributed by atoms with Crippen LogP contribution in [0.5, 0.6) is 5.75 Å². The molecule has 0 radical (unpaired) electrons. The van der Waals surface area contributed by atoms with Gasteiger partial charge in [-0.1, -0.05) is 0 Å². The average Bonchev–Trinajstić information content (AvgIpc) is 3.38. The third-order valence-electron chi connectivity index (χ3n) is 4.82. The van der Waals surface area contributed by atoms with E-state index < -0.39 is 0 Å². The Hall–Kier alpha value is -3.61. The molecule has 7 heteroatoms. The summed E-state index contributed by atoms with van der Waals surface area (Å²) in [5, 5.41) is 10.6. The van der Waals surface area contributed by atoms with E-state index >= 15 is 0 Å². The standard InChI is InChI=1S/C20H17N5O2/c1-24-10-16(14-9-12(26-3)6-7-17(14)24)20-23-22-19(27-20)15-11-25(2)18-13(15)5-4-8-21-18/h4-11H,1-3H3. The zero-order valence-corrected chi connectivity index (χ0v) is 15.2. The van der Waals surface area contributed by atoms with Crippen LogP contribution < -0.4 is 4.74 Å². The van der Waals surface area contributed by atoms with Crippen LogP contribution in [0.4, 0.5) is 0 Å². The van der Waals surface area contributed by atoms with Crippen molar-refractivity contribution in [2.75, 3.05) is 7.11 Å². The molecule has 0 aliphatic heterocycles. The molecule has 0 aliphatic carbocycles. The van der Waals surface area contributed by atoms with Gasteiger partial charge in [-0.05, 0) is 30.3 Å². The Morgan fingerprint density at radius 3 is 2.44 bits per heavy atom. The van der Waals surface area contributed by atoms with Crippen molar-refractivity contribution < 1.29 is 9.15 Å². The Balaban J connectivity index is 1.67. The minimum atomic E-state index is 0.475. The van der Waals surface area contributed by atoms with Crippen LogP contribution in [0.15, 0.2) is 53.3 Å². The van der Waals surface area contributed by atoms with Crippen molar-refractivity contribution in [3.05, 3.63) is 48.9 Å². The van der Waals surface area contributed by atoms with Gasteiger partial charge in [-0.3, -0.25) is 0 Å². The number of fused-ring (bicyclic) bond motifs is 2. The van der Waals surface area contributed by atoms with Crippen LogP contribution in [0.2, 0.25) is 0 Å². The van der Waals surface area contributed by atoms with Gasteiger partial charge in [-0.2, -0.15) is 0 Å². The molecule has 4 heterocycles. The molecule has 0 N–H and O–H groups in total. The van der Waals surface area contributed by atoms with E-state index in [9.17, 15) is 0 Å². The summed E-state index contributed by atoms with van der Waals surface area (Å²) in [4.78, 5) is 4.41. The zero-order chi connectivity index (χ0) is 18.5. The van der Waals surface area contributed by atoms with Crippen molar-refractivity contribution in [1.82, 2.24) is 24.3 Å². The predicted octanol–water partition coefficient (Wildman–Crippen LogP) is 3.79. The number of aromatic nitrogens is 5. The van der Waals surface area contributed by atoms with Gasteiger partial charge in [0, 0.05) is 49.0 Å². The fourth-order valence-electron chi connectivity index (χ4n) is 3.49. The normalized spacial score (nSPS) is 11.5. The summed E-state index contributed by atoms with van der Waals surface area (Å²) in [5.74, 6) is 1.74. The molecule has 7 nitrogen and oxygen atoms in total. The molecule has 0 amide bonds. The number of rotatable bonds is 3. The second-order valence-corrected chi connectivity index (χ2v) is 6.48. The monoisotopic (exact) mass is 359 g/mol. The number of ether oxygens (including phenoxy) is 1. The summed E-state index contributed by atoms with van der Waals surface area (Å²) in [6, 6.07) is 9.85. The first-order chi connectivity index (χ1) is 13.2. The number of hydrogen-bond donors (Lipinski definition) is 0. The third kappa shape index (κ3) is 2.32. The van der Waals surface area contributed by atoms with Crippen LogP contribution in [0.25, 0.3) is 44.8 Å². The molecule has 0 aliphatic rings. The average molecular weight is 359 g/mol. The first-order valence-electron chi connectivity index (χ1n) is 8.53. The first-order valence-corrected chi connectivity index (χ1v) is 8.53. The lowest BCUT2D eigenvalue weighted by Crippen LogP contribution is -1.85. The number of hydrogen-bond acceptors (Lipinski definition) is 5. The molecule has 27 heavy (non-hydrogen) atoms. The largest absolute Gasteiger partial charge is 0.497 e. The van der Waals surface area contributed by atoms with E-state index in [1.807, 2.05) is 66.0 Å². The summed E-state index contributed by atoms with van der Waals surface area (Å²) < 4.78 is 15.4. The zero-order valence-electron chi connectivity index (χ0n) is 15.2. The van der Waals surface area contributed by atoms with Gasteiger partial charge in [0.05, 0.1) is 18.2 Å². The van der Waals surface area contributed by atoms with Gasteiger partial charge in [0.1, 0.15) is 11.4 Å². The highest BCUT2D eigenvalue weighted by Gasteiger charge is 2.19. The minimum absolute atomic E-state index is 0.475. The van der Waals surface area contributed by atoms with Gasteiger partial charge < -0.3 is 18.3 Å². The van der Waals surface area contributed by atoms with Crippen LogP contribution in [0.1, 0.15) is 0 Å². The maximum Gasteiger partial charge on any atom is 0.250 e. The maximum absolute atomic E-state index is 6.05.